The third kappa shape index (κ3) is 26.0. The molecule has 12 rings (SSSR count). The summed E-state index contributed by atoms with van der Waals surface area (Å²) in [6.07, 6.45) is -18.9. The molecule has 0 spiro atoms. The maximum atomic E-state index is 13.7. The van der Waals surface area contributed by atoms with E-state index in [-0.39, 0.29) is 64.1 Å². The van der Waals surface area contributed by atoms with Crippen molar-refractivity contribution in [3.8, 4) is 0 Å². The Bertz CT molecular complexity index is 4670. The van der Waals surface area contributed by atoms with Crippen molar-refractivity contribution in [1.82, 2.24) is 16.0 Å². The number of aliphatic imine (C=N–C) groups is 1. The van der Waals surface area contributed by atoms with Crippen LogP contribution in [0.4, 0.5) is 101 Å². The van der Waals surface area contributed by atoms with E-state index in [0.717, 1.165) is 65.9 Å². The number of carbonyl (C=O) groups excluding carboxylic acids is 5. The summed E-state index contributed by atoms with van der Waals surface area (Å²) in [6.45, 7) is 0.819. The van der Waals surface area contributed by atoms with Gasteiger partial charge in [-0.2, -0.15) is 39.5 Å². The largest absolute Gasteiger partial charge is 0.481 e. The number of carbonyl (C=O) groups is 7. The molecule has 7 aromatic carbocycles. The van der Waals surface area contributed by atoms with Crippen LogP contribution in [0.3, 0.4) is 0 Å². The summed E-state index contributed by atoms with van der Waals surface area (Å²) in [5.41, 5.74) is 10.9. The number of hydrogen-bond acceptors (Lipinski definition) is 14. The number of ketones is 1. The van der Waals surface area contributed by atoms with Gasteiger partial charge < -0.3 is 53.0 Å². The number of hydrogen-bond donors (Lipinski definition) is 10. The lowest BCUT2D eigenvalue weighted by molar-refractivity contribution is -0.174. The lowest BCUT2D eigenvalue weighted by Crippen LogP contribution is -2.39. The van der Waals surface area contributed by atoms with E-state index >= 15 is 0 Å². The van der Waals surface area contributed by atoms with Gasteiger partial charge in [0.1, 0.15) is 87.7 Å². The van der Waals surface area contributed by atoms with Gasteiger partial charge in [0.25, 0.3) is 0 Å². The average Bonchev–Trinajstić information content (AvgIpc) is 1.64. The molecule has 42 heteroatoms. The Kier molecular flexibility index (Phi) is 31.3. The summed E-state index contributed by atoms with van der Waals surface area (Å²) >= 11 is 1.69. The van der Waals surface area contributed by atoms with Gasteiger partial charge >= 0.3 is 48.2 Å². The molecule has 3 unspecified atom stereocenters. The van der Waals surface area contributed by atoms with Crippen LogP contribution in [0, 0.1) is 81.4 Å². The lowest BCUT2D eigenvalue weighted by Gasteiger charge is -2.18. The molecule has 0 bridgehead atoms. The third-order valence-corrected chi connectivity index (χ3v) is 17.3. The van der Waals surface area contributed by atoms with Gasteiger partial charge in [0.15, 0.2) is 5.78 Å². The predicted molar refractivity (Wildman–Crippen MR) is 349 cm³/mol. The van der Waals surface area contributed by atoms with E-state index in [1.54, 1.807) is 22.4 Å². The van der Waals surface area contributed by atoms with Gasteiger partial charge in [-0.1, -0.05) is 0 Å². The minimum absolute atomic E-state index is 0.0116. The molecule has 4 aliphatic carbocycles. The fraction of sp³-hybridized carbons (Fsp3) is 0.296. The topological polar surface area (TPSA) is 321 Å². The van der Waals surface area contributed by atoms with E-state index < -0.39 is 208 Å². The second kappa shape index (κ2) is 38.8. The Morgan fingerprint density at radius 1 is 0.487 bits per heavy atom. The number of aliphatic carboxylic acids is 2. The number of nitrogens with two attached hydrogens (primary N) is 2. The van der Waals surface area contributed by atoms with Crippen LogP contribution < -0.4 is 27.4 Å². The molecule has 9 atom stereocenters. The van der Waals surface area contributed by atoms with E-state index in [1.807, 2.05) is 0 Å². The van der Waals surface area contributed by atoms with E-state index in [4.69, 9.17) is 21.7 Å². The number of rotatable bonds is 12. The monoisotopic (exact) mass is 1650 g/mol. The second-order valence-corrected chi connectivity index (χ2v) is 25.8. The van der Waals surface area contributed by atoms with Gasteiger partial charge in [0, 0.05) is 108 Å². The van der Waals surface area contributed by atoms with Crippen LogP contribution in [0.15, 0.2) is 108 Å². The molecular weight excluding hydrogens is 1600 g/mol. The van der Waals surface area contributed by atoms with Crippen molar-refractivity contribution < 1.29 is 160 Å². The number of carboxylic acid groups (broad SMARTS) is 2. The Balaban J connectivity index is 0.000000207. The van der Waals surface area contributed by atoms with Crippen molar-refractivity contribution >= 4 is 58.5 Å². The first-order valence-corrected chi connectivity index (χ1v) is 33.0. The van der Waals surface area contributed by atoms with Crippen molar-refractivity contribution in [2.45, 2.75) is 118 Å². The van der Waals surface area contributed by atoms with Crippen molar-refractivity contribution in [1.29, 1.82) is 0 Å². The molecule has 7 aromatic rings. The molecule has 113 heavy (non-hydrogen) atoms. The molecule has 0 saturated heterocycles. The first-order valence-electron chi connectivity index (χ1n) is 32.0. The number of aliphatic hydroxyl groups excluding tert-OH is 3. The van der Waals surface area contributed by atoms with Gasteiger partial charge in [0.05, 0.1) is 59.9 Å². The Labute approximate surface area is 625 Å². The number of carboxylic acids is 2. The maximum absolute atomic E-state index is 13.7. The van der Waals surface area contributed by atoms with Gasteiger partial charge in [-0.05, 0) is 113 Å². The first kappa shape index (κ1) is 91.3. The normalized spacial score (nSPS) is 18.7. The van der Waals surface area contributed by atoms with Crippen LogP contribution in [-0.4, -0.2) is 103 Å². The number of amides is 3. The number of thioether (sulfide) groups is 1. The lowest BCUT2D eigenvalue weighted by atomic mass is 9.98. The molecule has 1 heterocycles. The Hall–Kier alpha value is -10.6. The molecule has 12 N–H and O–H groups in total. The number of nitrogens with zero attached hydrogens (tertiary/aromatic N) is 1. The SMILES string of the molecule is NC(CC(=O)O)c1cc(F)cc(F)c1.N[C@H]1C[C@@H](O)c2c(F)cc(F)cc21.O=C(N[C@H]1C[C@@H](O)c2c(F)cc(F)cc21)C(F)(F)F.O=C(O)CC(NC(=O)C(F)(F)F)c1cc(F)cc(F)c1.O=C1CC(NC(=O)C(F)(F)F)c2cc(F)cc(F)c21.O=Cc1cc(F)cc(F)c1.O[C@@H]1C[C@H](CC2=NCCS2)c2cc(F)cc(F)c21. The van der Waals surface area contributed by atoms with E-state index in [2.05, 4.69) is 4.99 Å². The minimum Gasteiger partial charge on any atom is -0.481 e. The number of aldehydes is 1. The minimum atomic E-state index is -5.23. The highest BCUT2D eigenvalue weighted by Gasteiger charge is 2.45. The molecule has 18 nitrogen and oxygen atoms in total. The number of fused-ring (bicyclic) bond motifs is 4. The Morgan fingerprint density at radius 3 is 1.33 bits per heavy atom. The van der Waals surface area contributed by atoms with Gasteiger partial charge in [-0.3, -0.25) is 38.6 Å². The summed E-state index contributed by atoms with van der Waals surface area (Å²) in [5.74, 6) is -21.3. The molecule has 5 aliphatic rings. The van der Waals surface area contributed by atoms with E-state index in [1.165, 1.54) is 17.4 Å². The number of halogens is 23. The molecule has 0 aromatic heterocycles. The highest BCUT2D eigenvalue weighted by atomic mass is 32.2. The zero-order valence-corrected chi connectivity index (χ0v) is 57.6. The van der Waals surface area contributed by atoms with Crippen molar-refractivity contribution in [3.63, 3.8) is 0 Å². The quantitative estimate of drug-likeness (QED) is 0.0402. The highest BCUT2D eigenvalue weighted by molar-refractivity contribution is 8.14. The van der Waals surface area contributed by atoms with E-state index in [0.29, 0.717) is 72.7 Å². The molecule has 610 valence electrons. The molecule has 3 amide bonds. The first-order chi connectivity index (χ1) is 52.4. The number of aliphatic hydroxyl groups is 3. The van der Waals surface area contributed by atoms with Crippen LogP contribution in [0.2, 0.25) is 0 Å². The fourth-order valence-electron chi connectivity index (χ4n) is 11.7. The third-order valence-electron chi connectivity index (χ3n) is 16.3. The predicted octanol–water partition coefficient (Wildman–Crippen LogP) is 14.2. The van der Waals surface area contributed by atoms with Crippen molar-refractivity contribution in [2.24, 2.45) is 16.5 Å². The Morgan fingerprint density at radius 2 is 0.876 bits per heavy atom. The zero-order valence-electron chi connectivity index (χ0n) is 56.7. The average molecular weight is 1660 g/mol. The standard InChI is InChI=1S/C13H13F2NOS.C11H8F5NO3.C11H8F5NO2.C11H6F5NO2.C9H9F2NO2.C9H9F2NO.C7H4F2O/c14-8-5-9-7(4-12-16-1-2-18-12)3-11(17)13(9)10(15)6-8;12-6-1-5(2-7(13)3-6)8(4-9(18)19)17-10(20)11(14,15)16;2*12-4-1-5-7(17-10(19)11(14,15)16)3-8(18)9(5)6(13)2-4;10-6-1-5(2-7(11)3-6)8(12)4-9(13)14;10-4-1-5-7(12)3-8(13)9(5)6(11)2-4;8-6-1-5(4-10)2-7(9)3-6/h5-7,11,17H,1-4H2;1-3,8H,4H2,(H,17,20)(H,18,19);1-2,7-8,18H,3H2,(H,17,19);1-2,7H,3H2,(H,17,19);1-3,8H,4,12H2,(H,13,14);1-2,7-8,13H,3,12H2;1-4H/t7-,11-;;7-,8+;;;7-,8+;/m1.0..0./s1. The van der Waals surface area contributed by atoms with Crippen LogP contribution in [0.25, 0.3) is 0 Å². The number of Topliss-reactive ketones (excluding diaryl/α,β-unsaturated/α-hetero) is 1. The van der Waals surface area contributed by atoms with Crippen LogP contribution in [0.5, 0.6) is 0 Å². The zero-order chi connectivity index (χ0) is 84.8. The smallest absolute Gasteiger partial charge is 0.471 e. The molecule has 1 aliphatic heterocycles. The summed E-state index contributed by atoms with van der Waals surface area (Å²) in [4.78, 5) is 79.0. The van der Waals surface area contributed by atoms with E-state index in [9.17, 15) is 150 Å². The summed E-state index contributed by atoms with van der Waals surface area (Å²) in [5, 5.41) is 51.4. The highest BCUT2D eigenvalue weighted by Crippen LogP contribution is 2.46. The van der Waals surface area contributed by atoms with Crippen LogP contribution in [-0.2, 0) is 24.0 Å². The van der Waals surface area contributed by atoms with Crippen LogP contribution >= 0.6 is 11.8 Å². The van der Waals surface area contributed by atoms with Gasteiger partial charge in [-0.25, -0.2) is 61.5 Å². The second-order valence-electron chi connectivity index (χ2n) is 24.6. The van der Waals surface area contributed by atoms with Crippen LogP contribution in [0.1, 0.15) is 170 Å². The van der Waals surface area contributed by atoms with Gasteiger partial charge in [0.2, 0.25) is 0 Å². The molecule has 0 saturated carbocycles. The molecular formula is C71H57F23N6O12S. The summed E-state index contributed by atoms with van der Waals surface area (Å²) in [7, 11) is 0. The summed E-state index contributed by atoms with van der Waals surface area (Å²) < 4.78 is 290. The van der Waals surface area contributed by atoms with Crippen molar-refractivity contribution in [3.05, 3.63) is 246 Å². The van der Waals surface area contributed by atoms with Crippen molar-refractivity contribution in [2.75, 3.05) is 12.3 Å². The molecule has 0 radical (unpaired) electrons. The number of nitrogens with one attached hydrogen (secondary N) is 3. The number of benzene rings is 7. The maximum Gasteiger partial charge on any atom is 0.471 e. The summed E-state index contributed by atoms with van der Waals surface area (Å²) in [6, 6.07) is 8.12. The molecule has 0 fully saturated rings. The van der Waals surface area contributed by atoms with Gasteiger partial charge in [-0.15, -0.1) is 11.8 Å². The fourth-order valence-corrected chi connectivity index (χ4v) is 12.6. The number of alkyl halides is 9.